The van der Waals surface area contributed by atoms with Gasteiger partial charge in [-0.05, 0) is 17.5 Å². The van der Waals surface area contributed by atoms with Crippen molar-refractivity contribution in [2.24, 2.45) is 5.92 Å². The second kappa shape index (κ2) is 5.36. The minimum Gasteiger partial charge on any atom is -0.357 e. The van der Waals surface area contributed by atoms with E-state index in [-0.39, 0.29) is 5.28 Å². The highest BCUT2D eigenvalue weighted by Gasteiger charge is 2.05. The molecular weight excluding hydrogens is 220 g/mol. The molecule has 0 aliphatic heterocycles. The molecule has 1 aromatic rings. The van der Waals surface area contributed by atoms with Gasteiger partial charge in [0, 0.05) is 12.8 Å². The average molecular weight is 233 g/mol. The Hall–Kier alpha value is -0.550. The number of hydrogen-bond donors (Lipinski definition) is 1. The van der Waals surface area contributed by atoms with Gasteiger partial charge in [0.25, 0.3) is 0 Å². The summed E-state index contributed by atoms with van der Waals surface area (Å²) in [6, 6.07) is 0. The van der Waals surface area contributed by atoms with Gasteiger partial charge in [-0.2, -0.15) is 15.0 Å². The summed E-state index contributed by atoms with van der Waals surface area (Å²) in [5.41, 5.74) is 0. The third-order valence-corrected chi connectivity index (χ3v) is 2.80. The quantitative estimate of drug-likeness (QED) is 0.808. The van der Waals surface area contributed by atoms with E-state index in [1.165, 1.54) is 0 Å². The van der Waals surface area contributed by atoms with Crippen molar-refractivity contribution in [3.05, 3.63) is 5.28 Å². The monoisotopic (exact) mass is 232 g/mol. The van der Waals surface area contributed by atoms with E-state index >= 15 is 0 Å². The van der Waals surface area contributed by atoms with Gasteiger partial charge in [-0.3, -0.25) is 0 Å². The van der Waals surface area contributed by atoms with Gasteiger partial charge in [0.2, 0.25) is 11.2 Å². The molecule has 0 amide bonds. The molecule has 14 heavy (non-hydrogen) atoms. The molecule has 4 nitrogen and oxygen atoms in total. The van der Waals surface area contributed by atoms with Gasteiger partial charge in [0.05, 0.1) is 0 Å². The molecule has 0 bridgehead atoms. The van der Waals surface area contributed by atoms with Gasteiger partial charge < -0.3 is 5.32 Å². The summed E-state index contributed by atoms with van der Waals surface area (Å²) >= 11 is 7.31. The van der Waals surface area contributed by atoms with Crippen LogP contribution in [0.1, 0.15) is 13.8 Å². The summed E-state index contributed by atoms with van der Waals surface area (Å²) < 4.78 is 0. The number of rotatable bonds is 4. The van der Waals surface area contributed by atoms with Crippen molar-refractivity contribution < 1.29 is 0 Å². The zero-order chi connectivity index (χ0) is 10.6. The number of hydrogen-bond acceptors (Lipinski definition) is 5. The number of aromatic nitrogens is 3. The molecular formula is C8H13ClN4S. The topological polar surface area (TPSA) is 50.7 Å². The molecule has 0 spiro atoms. The first-order valence-electron chi connectivity index (χ1n) is 4.34. The lowest BCUT2D eigenvalue weighted by atomic mass is 10.3. The van der Waals surface area contributed by atoms with Gasteiger partial charge in [-0.1, -0.05) is 25.6 Å². The Balaban J connectivity index is 2.71. The van der Waals surface area contributed by atoms with Crippen LogP contribution in [0.2, 0.25) is 5.28 Å². The van der Waals surface area contributed by atoms with Crippen molar-refractivity contribution >= 4 is 29.3 Å². The minimum atomic E-state index is 0.232. The van der Waals surface area contributed by atoms with Crippen molar-refractivity contribution in [3.63, 3.8) is 0 Å². The van der Waals surface area contributed by atoms with Gasteiger partial charge in [-0.15, -0.1) is 0 Å². The summed E-state index contributed by atoms with van der Waals surface area (Å²) in [7, 11) is 1.75. The Kier molecular flexibility index (Phi) is 4.41. The number of halogens is 1. The van der Waals surface area contributed by atoms with Gasteiger partial charge in [0.15, 0.2) is 5.16 Å². The molecule has 1 N–H and O–H groups in total. The first-order valence-corrected chi connectivity index (χ1v) is 5.70. The molecule has 0 aromatic carbocycles. The molecule has 1 heterocycles. The van der Waals surface area contributed by atoms with Crippen LogP contribution >= 0.6 is 23.4 Å². The molecule has 6 heteroatoms. The van der Waals surface area contributed by atoms with Crippen LogP contribution in [0.5, 0.6) is 0 Å². The highest BCUT2D eigenvalue weighted by molar-refractivity contribution is 7.99. The lowest BCUT2D eigenvalue weighted by molar-refractivity contribution is 0.747. The summed E-state index contributed by atoms with van der Waals surface area (Å²) in [5.74, 6) is 2.09. The predicted octanol–water partition coefficient (Wildman–Crippen LogP) is 2.31. The molecule has 0 fully saturated rings. The van der Waals surface area contributed by atoms with Crippen LogP contribution in [0.3, 0.4) is 0 Å². The van der Waals surface area contributed by atoms with Crippen LogP contribution in [-0.2, 0) is 0 Å². The maximum atomic E-state index is 5.73. The summed E-state index contributed by atoms with van der Waals surface area (Å²) in [6.07, 6.45) is 0. The molecule has 78 valence electrons. The van der Waals surface area contributed by atoms with Crippen LogP contribution < -0.4 is 5.32 Å². The molecule has 1 aromatic heterocycles. The first kappa shape index (κ1) is 11.5. The number of nitrogens with one attached hydrogen (secondary N) is 1. The Bertz CT molecular complexity index is 305. The summed E-state index contributed by atoms with van der Waals surface area (Å²) in [4.78, 5) is 12.1. The molecule has 0 atom stereocenters. The molecule has 0 unspecified atom stereocenters. The van der Waals surface area contributed by atoms with Crippen LogP contribution in [0.15, 0.2) is 5.16 Å². The smallest absolute Gasteiger partial charge is 0.228 e. The van der Waals surface area contributed by atoms with E-state index < -0.39 is 0 Å². The minimum absolute atomic E-state index is 0.232. The van der Waals surface area contributed by atoms with E-state index in [4.69, 9.17) is 11.6 Å². The third kappa shape index (κ3) is 3.67. The van der Waals surface area contributed by atoms with Crippen LogP contribution in [0.4, 0.5) is 5.95 Å². The van der Waals surface area contributed by atoms with Crippen molar-refractivity contribution in [1.29, 1.82) is 0 Å². The van der Waals surface area contributed by atoms with Crippen LogP contribution in [-0.4, -0.2) is 27.8 Å². The Labute approximate surface area is 92.9 Å². The Morgan fingerprint density at radius 3 is 2.64 bits per heavy atom. The second-order valence-electron chi connectivity index (χ2n) is 3.17. The van der Waals surface area contributed by atoms with E-state index in [1.54, 1.807) is 18.8 Å². The lowest BCUT2D eigenvalue weighted by Crippen LogP contribution is -2.01. The third-order valence-electron chi connectivity index (χ3n) is 1.36. The molecule has 0 radical (unpaired) electrons. The molecule has 1 rings (SSSR count). The fourth-order valence-electron chi connectivity index (χ4n) is 0.749. The standard InChI is InChI=1S/C8H13ClN4S/c1-5(2)4-14-8-12-6(9)11-7(10-3)13-8/h5H,4H2,1-3H3,(H,10,11,12,13). The fourth-order valence-corrected chi connectivity index (χ4v) is 1.74. The molecule has 0 aliphatic carbocycles. The normalized spacial score (nSPS) is 10.6. The first-order chi connectivity index (χ1) is 6.61. The fraction of sp³-hybridized carbons (Fsp3) is 0.625. The number of anilines is 1. The Morgan fingerprint density at radius 2 is 2.07 bits per heavy atom. The van der Waals surface area contributed by atoms with Gasteiger partial charge in [0.1, 0.15) is 0 Å². The van der Waals surface area contributed by atoms with Gasteiger partial charge in [-0.25, -0.2) is 0 Å². The molecule has 0 saturated carbocycles. The zero-order valence-electron chi connectivity index (χ0n) is 8.41. The molecule has 0 saturated heterocycles. The zero-order valence-corrected chi connectivity index (χ0v) is 9.98. The van der Waals surface area contributed by atoms with Crippen molar-refractivity contribution in [2.75, 3.05) is 18.1 Å². The lowest BCUT2D eigenvalue weighted by Gasteiger charge is -2.04. The van der Waals surface area contributed by atoms with Crippen molar-refractivity contribution in [3.8, 4) is 0 Å². The van der Waals surface area contributed by atoms with Gasteiger partial charge >= 0.3 is 0 Å². The van der Waals surface area contributed by atoms with E-state index in [1.807, 2.05) is 0 Å². The van der Waals surface area contributed by atoms with Crippen molar-refractivity contribution in [2.45, 2.75) is 19.0 Å². The van der Waals surface area contributed by atoms with E-state index in [9.17, 15) is 0 Å². The Morgan fingerprint density at radius 1 is 1.36 bits per heavy atom. The van der Waals surface area contributed by atoms with E-state index in [2.05, 4.69) is 34.1 Å². The summed E-state index contributed by atoms with van der Waals surface area (Å²) in [6.45, 7) is 4.30. The number of nitrogens with zero attached hydrogens (tertiary/aromatic N) is 3. The average Bonchev–Trinajstić information content (AvgIpc) is 2.14. The van der Waals surface area contributed by atoms with Crippen molar-refractivity contribution in [1.82, 2.24) is 15.0 Å². The maximum Gasteiger partial charge on any atom is 0.228 e. The predicted molar refractivity (Wildman–Crippen MR) is 59.9 cm³/mol. The van der Waals surface area contributed by atoms with Crippen LogP contribution in [0.25, 0.3) is 0 Å². The maximum absolute atomic E-state index is 5.73. The van der Waals surface area contributed by atoms with Crippen LogP contribution in [0, 0.1) is 5.92 Å². The van der Waals surface area contributed by atoms with E-state index in [0.717, 1.165) is 5.75 Å². The largest absolute Gasteiger partial charge is 0.357 e. The second-order valence-corrected chi connectivity index (χ2v) is 4.49. The number of thioether (sulfide) groups is 1. The highest BCUT2D eigenvalue weighted by Crippen LogP contribution is 2.18. The highest BCUT2D eigenvalue weighted by atomic mass is 35.5. The van der Waals surface area contributed by atoms with E-state index in [0.29, 0.717) is 17.0 Å². The SMILES string of the molecule is CNc1nc(Cl)nc(SCC(C)C)n1. The summed E-state index contributed by atoms with van der Waals surface area (Å²) in [5, 5.41) is 3.74. The molecule has 0 aliphatic rings.